The Kier molecular flexibility index (Phi) is 13.0. The average Bonchev–Trinajstić information content (AvgIpc) is 1.52. The molecule has 0 amide bonds. The van der Waals surface area contributed by atoms with Gasteiger partial charge in [0, 0.05) is 96.3 Å². The molecule has 2 N–H and O–H groups in total. The number of aromatic nitrogens is 6. The van der Waals surface area contributed by atoms with E-state index in [0.717, 1.165) is 42.1 Å². The summed E-state index contributed by atoms with van der Waals surface area (Å²) < 4.78 is 16.6. The molecule has 0 saturated heterocycles. The topological polar surface area (TPSA) is 69.0 Å². The molecule has 466 valence electrons. The van der Waals surface area contributed by atoms with E-state index in [1.54, 1.807) is 6.07 Å². The molecule has 10 aromatic heterocycles. The lowest BCUT2D eigenvalue weighted by molar-refractivity contribution is 0.426. The summed E-state index contributed by atoms with van der Waals surface area (Å²) >= 11 is 7.57. The average molecular weight is 1400 g/mol. The normalized spacial score (nSPS) is 12.0. The molecule has 22 aromatic rings. The van der Waals surface area contributed by atoms with Gasteiger partial charge in [0.2, 0.25) is 0 Å². The Hall–Kier alpha value is -11.7. The van der Waals surface area contributed by atoms with Crippen molar-refractivity contribution in [2.24, 2.45) is 0 Å². The highest BCUT2D eigenvalue weighted by molar-refractivity contribution is 9.10. The van der Waals surface area contributed by atoms with Crippen LogP contribution in [0.2, 0.25) is 0 Å². The maximum absolute atomic E-state index is 9.43. The van der Waals surface area contributed by atoms with Crippen LogP contribution in [0.5, 0.6) is 0 Å². The van der Waals surface area contributed by atoms with E-state index >= 15 is 0 Å². The third-order valence-electron chi connectivity index (χ3n) is 20.3. The predicted molar refractivity (Wildman–Crippen MR) is 422 cm³/mol. The SMILES string of the molecule is Brc1cc2c3ccccc3c3c4c(c5cc(-c6ccc7c(c6)c6ccccc6n7-c6ccccc6)ccc5n4-c4ccccc4)c(c1)n23.Brc1ccc2c(c1)c1c(c3c4ccccc4c4cccc1n43)n2-c1ccccc1.OB(O)c1ccc2c(c1)c1ccccc1n2-c1ccccc1. The maximum atomic E-state index is 9.43. The molecule has 0 spiro atoms. The molecule has 10 heterocycles. The number of para-hydroxylation sites is 6. The van der Waals surface area contributed by atoms with Crippen LogP contribution in [-0.2, 0) is 0 Å². The highest BCUT2D eigenvalue weighted by Gasteiger charge is 2.28. The molecule has 8 nitrogen and oxygen atoms in total. The zero-order chi connectivity index (χ0) is 65.7. The van der Waals surface area contributed by atoms with Crippen LogP contribution in [0.4, 0.5) is 0 Å². The maximum Gasteiger partial charge on any atom is 0.488 e. The fourth-order valence-electron chi connectivity index (χ4n) is 16.3. The molecular formula is C88H55BBr2N6O2. The Balaban J connectivity index is 0.000000110. The molecule has 0 aliphatic rings. The first-order valence-electron chi connectivity index (χ1n) is 33.3. The summed E-state index contributed by atoms with van der Waals surface area (Å²) in [5, 5.41) is 33.8. The van der Waals surface area contributed by atoms with Crippen LogP contribution in [0.25, 0.3) is 176 Å². The van der Waals surface area contributed by atoms with Crippen molar-refractivity contribution in [2.75, 3.05) is 0 Å². The van der Waals surface area contributed by atoms with Gasteiger partial charge in [0.05, 0.1) is 77.2 Å². The Morgan fingerprint density at radius 1 is 0.222 bits per heavy atom. The molecule has 12 aromatic carbocycles. The summed E-state index contributed by atoms with van der Waals surface area (Å²) in [5.41, 5.74) is 24.6. The largest absolute Gasteiger partial charge is 0.488 e. The van der Waals surface area contributed by atoms with Gasteiger partial charge in [0.1, 0.15) is 0 Å². The van der Waals surface area contributed by atoms with Crippen molar-refractivity contribution in [1.82, 2.24) is 27.1 Å². The van der Waals surface area contributed by atoms with Crippen molar-refractivity contribution in [3.8, 4) is 33.9 Å². The van der Waals surface area contributed by atoms with Crippen LogP contribution >= 0.6 is 31.9 Å². The first-order valence-corrected chi connectivity index (χ1v) is 34.8. The van der Waals surface area contributed by atoms with Crippen molar-refractivity contribution >= 4 is 186 Å². The summed E-state index contributed by atoms with van der Waals surface area (Å²) in [6.07, 6.45) is 0. The molecule has 0 radical (unpaired) electrons. The standard InChI is InChI=1S/C44H26BrN3.C26H15BrN2.C18H14BNO2/c45-29-25-40-32-15-7-8-17-34(32)43-44-42(41(26-29)48(40)43)36-24-28(20-22-39(36)47(44)31-13-5-2-6-14-31)27-19-21-38-35(23-27)33-16-9-10-18-37(33)46(38)30-11-3-1-4-12-30;27-16-13-14-22-20(15-16)24-23-12-6-11-21-18-9-4-5-10-19(18)25(29(21)23)26(24)28(22)17-7-2-1-3-8-17;21-19(22)13-10-11-18-16(12-13)15-8-4-5-9-17(15)20(18)14-6-2-1-3-7-14/h1-26H;1-15H;1-12,21-22H. The van der Waals surface area contributed by atoms with Crippen LogP contribution in [0.15, 0.2) is 330 Å². The van der Waals surface area contributed by atoms with Gasteiger partial charge in [-0.05, 0) is 150 Å². The monoisotopic (exact) mass is 1400 g/mol. The van der Waals surface area contributed by atoms with Crippen LogP contribution in [0, 0.1) is 0 Å². The second-order valence-corrected chi connectivity index (χ2v) is 27.5. The number of rotatable bonds is 6. The van der Waals surface area contributed by atoms with Gasteiger partial charge < -0.3 is 37.1 Å². The van der Waals surface area contributed by atoms with E-state index in [1.165, 1.54) is 143 Å². The molecule has 22 rings (SSSR count). The van der Waals surface area contributed by atoms with Crippen LogP contribution in [0.3, 0.4) is 0 Å². The van der Waals surface area contributed by atoms with Crippen LogP contribution in [-0.4, -0.2) is 44.2 Å². The molecule has 0 aliphatic carbocycles. The summed E-state index contributed by atoms with van der Waals surface area (Å²) in [6, 6.07) is 114. The fourth-order valence-corrected chi connectivity index (χ4v) is 17.1. The minimum atomic E-state index is -1.46. The molecule has 0 bridgehead atoms. The van der Waals surface area contributed by atoms with Crippen molar-refractivity contribution in [2.45, 2.75) is 0 Å². The van der Waals surface area contributed by atoms with Crippen LogP contribution < -0.4 is 5.46 Å². The number of hydrogen-bond acceptors (Lipinski definition) is 2. The lowest BCUT2D eigenvalue weighted by Gasteiger charge is -2.10. The molecule has 0 aliphatic heterocycles. The van der Waals surface area contributed by atoms with Crippen molar-refractivity contribution in [3.63, 3.8) is 0 Å². The minimum Gasteiger partial charge on any atom is -0.423 e. The van der Waals surface area contributed by atoms with E-state index in [1.807, 2.05) is 42.5 Å². The van der Waals surface area contributed by atoms with Gasteiger partial charge >= 0.3 is 7.12 Å². The van der Waals surface area contributed by atoms with E-state index in [9.17, 15) is 10.0 Å². The third kappa shape index (κ3) is 8.65. The fraction of sp³-hybridized carbons (Fsp3) is 0. The van der Waals surface area contributed by atoms with E-state index in [-0.39, 0.29) is 0 Å². The molecule has 0 saturated carbocycles. The number of hydrogen-bond donors (Lipinski definition) is 2. The van der Waals surface area contributed by atoms with Gasteiger partial charge in [-0.25, -0.2) is 0 Å². The summed E-state index contributed by atoms with van der Waals surface area (Å²) in [6.45, 7) is 0. The number of benzene rings is 12. The molecule has 11 heteroatoms. The van der Waals surface area contributed by atoms with E-state index in [2.05, 4.69) is 332 Å². The Bertz CT molecular complexity index is 6970. The second-order valence-electron chi connectivity index (χ2n) is 25.6. The second kappa shape index (κ2) is 22.4. The predicted octanol–water partition coefficient (Wildman–Crippen LogP) is 22.3. The number of halogens is 2. The first-order chi connectivity index (χ1) is 48.8. The van der Waals surface area contributed by atoms with E-state index in [0.29, 0.717) is 5.46 Å². The van der Waals surface area contributed by atoms with Gasteiger partial charge in [-0.15, -0.1) is 0 Å². The van der Waals surface area contributed by atoms with E-state index in [4.69, 9.17) is 0 Å². The first kappa shape index (κ1) is 57.5. The zero-order valence-corrected chi connectivity index (χ0v) is 56.2. The Morgan fingerprint density at radius 3 is 1.10 bits per heavy atom. The lowest BCUT2D eigenvalue weighted by atomic mass is 9.80. The summed E-state index contributed by atoms with van der Waals surface area (Å²) in [4.78, 5) is 0. The van der Waals surface area contributed by atoms with Crippen molar-refractivity contribution in [3.05, 3.63) is 330 Å². The van der Waals surface area contributed by atoms with Crippen molar-refractivity contribution < 1.29 is 10.0 Å². The van der Waals surface area contributed by atoms with Gasteiger partial charge in [-0.2, -0.15) is 0 Å². The number of nitrogens with zero attached hydrogens (tertiary/aromatic N) is 6. The smallest absolute Gasteiger partial charge is 0.423 e. The van der Waals surface area contributed by atoms with Crippen molar-refractivity contribution in [1.29, 1.82) is 0 Å². The third-order valence-corrected chi connectivity index (χ3v) is 21.3. The number of pyridine rings is 2. The minimum absolute atomic E-state index is 0.503. The Morgan fingerprint density at radius 2 is 0.576 bits per heavy atom. The van der Waals surface area contributed by atoms with E-state index < -0.39 is 7.12 Å². The van der Waals surface area contributed by atoms with Gasteiger partial charge in [-0.1, -0.05) is 220 Å². The van der Waals surface area contributed by atoms with Crippen LogP contribution in [0.1, 0.15) is 0 Å². The molecular weight excluding hydrogens is 1340 g/mol. The molecule has 99 heavy (non-hydrogen) atoms. The lowest BCUT2D eigenvalue weighted by Crippen LogP contribution is -2.29. The number of fused-ring (bicyclic) bond motifs is 22. The molecule has 0 fully saturated rings. The summed E-state index contributed by atoms with van der Waals surface area (Å²) in [5.74, 6) is 0. The highest BCUT2D eigenvalue weighted by atomic mass is 79.9. The molecule has 0 unspecified atom stereocenters. The van der Waals surface area contributed by atoms with Gasteiger partial charge in [0.25, 0.3) is 0 Å². The Labute approximate surface area is 583 Å². The zero-order valence-electron chi connectivity index (χ0n) is 53.0. The highest BCUT2D eigenvalue weighted by Crippen LogP contribution is 2.48. The van der Waals surface area contributed by atoms with Gasteiger partial charge in [-0.3, -0.25) is 0 Å². The quantitative estimate of drug-likeness (QED) is 0.163. The molecule has 0 atom stereocenters. The summed E-state index contributed by atoms with van der Waals surface area (Å²) in [7, 11) is -1.46. The van der Waals surface area contributed by atoms with Gasteiger partial charge in [0.15, 0.2) is 0 Å².